The molecule has 5 heteroatoms. The number of hydrogen-bond acceptors (Lipinski definition) is 5. The topological polar surface area (TPSA) is 64.7 Å². The molecule has 6 aromatic rings. The lowest BCUT2D eigenvalue weighted by Gasteiger charge is -2.23. The van der Waals surface area contributed by atoms with Gasteiger partial charge in [0.2, 0.25) is 0 Å². The van der Waals surface area contributed by atoms with Gasteiger partial charge in [-0.3, -0.25) is 4.98 Å². The van der Waals surface area contributed by atoms with Crippen molar-refractivity contribution < 1.29 is 4.42 Å². The van der Waals surface area contributed by atoms with Crippen molar-refractivity contribution in [3.05, 3.63) is 94.7 Å². The van der Waals surface area contributed by atoms with Crippen molar-refractivity contribution in [1.29, 1.82) is 0 Å². The van der Waals surface area contributed by atoms with Gasteiger partial charge in [-0.25, -0.2) is 15.0 Å². The molecule has 0 saturated carbocycles. The van der Waals surface area contributed by atoms with Crippen molar-refractivity contribution in [2.24, 2.45) is 0 Å². The zero-order chi connectivity index (χ0) is 30.8. The van der Waals surface area contributed by atoms with E-state index in [1.165, 1.54) is 22.3 Å². The molecule has 0 radical (unpaired) electrons. The molecule has 5 nitrogen and oxygen atoms in total. The minimum Gasteiger partial charge on any atom is -0.455 e. The standard InChI is InChI=1S/C38H40N4O/c1-21-14-15-26-27-12-11-13-28(33(27)43-31(26)16-21)30-19-29(24(4)20-39-30)32-22(2)17-25(18-23(32)3)34-40-35(37(5,6)7)42-36(41-34)38(8,9)10/h11-20H,1-10H3. The number of benzene rings is 3. The number of para-hydroxylation sites is 1. The summed E-state index contributed by atoms with van der Waals surface area (Å²) in [7, 11) is 0. The highest BCUT2D eigenvalue weighted by molar-refractivity contribution is 6.09. The molecule has 0 atom stereocenters. The molecule has 0 saturated heterocycles. The minimum atomic E-state index is -0.187. The molecule has 218 valence electrons. The molecule has 0 unspecified atom stereocenters. The maximum Gasteiger partial charge on any atom is 0.163 e. The Kier molecular flexibility index (Phi) is 6.76. The predicted molar refractivity (Wildman–Crippen MR) is 178 cm³/mol. The second-order valence-corrected chi connectivity index (χ2v) is 14.0. The molecule has 3 heterocycles. The number of fused-ring (bicyclic) bond motifs is 3. The minimum absolute atomic E-state index is 0.187. The van der Waals surface area contributed by atoms with Crippen LogP contribution in [0.3, 0.4) is 0 Å². The van der Waals surface area contributed by atoms with Crippen LogP contribution in [0.4, 0.5) is 0 Å². The first-order valence-electron chi connectivity index (χ1n) is 15.0. The van der Waals surface area contributed by atoms with Crippen LogP contribution in [0.25, 0.3) is 55.7 Å². The summed E-state index contributed by atoms with van der Waals surface area (Å²) in [6.45, 7) is 21.4. The molecule has 0 amide bonds. The van der Waals surface area contributed by atoms with E-state index < -0.39 is 0 Å². The van der Waals surface area contributed by atoms with Crippen LogP contribution >= 0.6 is 0 Å². The zero-order valence-electron chi connectivity index (χ0n) is 27.0. The Labute approximate surface area is 254 Å². The molecule has 0 bridgehead atoms. The third-order valence-electron chi connectivity index (χ3n) is 8.07. The van der Waals surface area contributed by atoms with Gasteiger partial charge in [-0.05, 0) is 91.4 Å². The van der Waals surface area contributed by atoms with E-state index in [0.29, 0.717) is 0 Å². The normalized spacial score (nSPS) is 12.4. The van der Waals surface area contributed by atoms with Crippen LogP contribution in [-0.4, -0.2) is 19.9 Å². The molecule has 6 rings (SSSR count). The highest BCUT2D eigenvalue weighted by Gasteiger charge is 2.26. The van der Waals surface area contributed by atoms with Gasteiger partial charge in [-0.1, -0.05) is 65.8 Å². The first-order valence-corrected chi connectivity index (χ1v) is 15.0. The van der Waals surface area contributed by atoms with Gasteiger partial charge < -0.3 is 4.42 Å². The molecule has 0 spiro atoms. The molecule has 3 aromatic carbocycles. The fraction of sp³-hybridized carbons (Fsp3) is 0.316. The monoisotopic (exact) mass is 568 g/mol. The van der Waals surface area contributed by atoms with E-state index in [1.807, 2.05) is 6.20 Å². The zero-order valence-corrected chi connectivity index (χ0v) is 27.0. The Hall–Kier alpha value is -4.38. The van der Waals surface area contributed by atoms with Gasteiger partial charge in [0.25, 0.3) is 0 Å². The second kappa shape index (κ2) is 10.1. The Balaban J connectivity index is 1.48. The number of nitrogens with zero attached hydrogens (tertiary/aromatic N) is 4. The third kappa shape index (κ3) is 5.22. The first-order chi connectivity index (χ1) is 20.2. The van der Waals surface area contributed by atoms with E-state index in [2.05, 4.69) is 124 Å². The third-order valence-corrected chi connectivity index (χ3v) is 8.07. The number of pyridine rings is 1. The van der Waals surface area contributed by atoms with E-state index in [0.717, 1.165) is 67.4 Å². The summed E-state index contributed by atoms with van der Waals surface area (Å²) in [4.78, 5) is 19.6. The number of rotatable bonds is 3. The van der Waals surface area contributed by atoms with Gasteiger partial charge >= 0.3 is 0 Å². The van der Waals surface area contributed by atoms with E-state index >= 15 is 0 Å². The largest absolute Gasteiger partial charge is 0.455 e. The summed E-state index contributed by atoms with van der Waals surface area (Å²) in [5, 5.41) is 2.23. The SMILES string of the molecule is Cc1ccc2c(c1)oc1c(-c3cc(-c4c(C)cc(-c5nc(C(C)(C)C)nc(C(C)(C)C)n5)cc4C)c(C)cn3)cccc12. The van der Waals surface area contributed by atoms with Crippen molar-refractivity contribution in [3.63, 3.8) is 0 Å². The Morgan fingerprint density at radius 1 is 0.628 bits per heavy atom. The van der Waals surface area contributed by atoms with Crippen LogP contribution in [0.5, 0.6) is 0 Å². The quantitative estimate of drug-likeness (QED) is 0.212. The van der Waals surface area contributed by atoms with E-state index in [1.54, 1.807) is 0 Å². The van der Waals surface area contributed by atoms with Gasteiger partial charge in [-0.15, -0.1) is 0 Å². The molecule has 0 aliphatic heterocycles. The van der Waals surface area contributed by atoms with E-state index in [4.69, 9.17) is 24.4 Å². The lowest BCUT2D eigenvalue weighted by Crippen LogP contribution is -2.24. The number of furan rings is 1. The van der Waals surface area contributed by atoms with Crippen molar-refractivity contribution in [3.8, 4) is 33.8 Å². The van der Waals surface area contributed by atoms with Gasteiger partial charge in [0.05, 0.1) is 5.69 Å². The summed E-state index contributed by atoms with van der Waals surface area (Å²) >= 11 is 0. The summed E-state index contributed by atoms with van der Waals surface area (Å²) < 4.78 is 6.41. The molecule has 0 aliphatic rings. The van der Waals surface area contributed by atoms with Crippen LogP contribution in [0.1, 0.15) is 75.4 Å². The van der Waals surface area contributed by atoms with Crippen LogP contribution in [0.2, 0.25) is 0 Å². The Morgan fingerprint density at radius 2 is 1.28 bits per heavy atom. The smallest absolute Gasteiger partial charge is 0.163 e. The molecule has 3 aromatic heterocycles. The summed E-state index contributed by atoms with van der Waals surface area (Å²) in [6.07, 6.45) is 1.97. The molecule has 0 N–H and O–H groups in total. The fourth-order valence-electron chi connectivity index (χ4n) is 5.74. The maximum absolute atomic E-state index is 6.41. The van der Waals surface area contributed by atoms with Gasteiger partial charge in [0.15, 0.2) is 5.82 Å². The maximum atomic E-state index is 6.41. The van der Waals surface area contributed by atoms with Gasteiger partial charge in [0, 0.05) is 38.9 Å². The van der Waals surface area contributed by atoms with Gasteiger partial charge in [0.1, 0.15) is 22.8 Å². The Bertz CT molecular complexity index is 1980. The first kappa shape index (κ1) is 28.7. The number of aromatic nitrogens is 4. The van der Waals surface area contributed by atoms with Crippen LogP contribution < -0.4 is 0 Å². The number of aryl methyl sites for hydroxylation is 4. The highest BCUT2D eigenvalue weighted by Crippen LogP contribution is 2.39. The fourth-order valence-corrected chi connectivity index (χ4v) is 5.74. The second-order valence-electron chi connectivity index (χ2n) is 14.0. The molecule has 0 aliphatic carbocycles. The summed E-state index contributed by atoms with van der Waals surface area (Å²) in [5.41, 5.74) is 11.3. The average Bonchev–Trinajstić information content (AvgIpc) is 3.30. The molecular formula is C38H40N4O. The Morgan fingerprint density at radius 3 is 1.91 bits per heavy atom. The van der Waals surface area contributed by atoms with Crippen molar-refractivity contribution in [2.75, 3.05) is 0 Å². The van der Waals surface area contributed by atoms with Crippen LogP contribution in [0.15, 0.2) is 65.2 Å². The lowest BCUT2D eigenvalue weighted by atomic mass is 9.90. The average molecular weight is 569 g/mol. The van der Waals surface area contributed by atoms with Crippen molar-refractivity contribution >= 4 is 21.9 Å². The van der Waals surface area contributed by atoms with Gasteiger partial charge in [-0.2, -0.15) is 0 Å². The summed E-state index contributed by atoms with van der Waals surface area (Å²) in [6, 6.07) is 19.3. The molecule has 0 fully saturated rings. The van der Waals surface area contributed by atoms with Crippen molar-refractivity contribution in [1.82, 2.24) is 19.9 Å². The molecular weight excluding hydrogens is 528 g/mol. The number of hydrogen-bond donors (Lipinski definition) is 0. The molecule has 43 heavy (non-hydrogen) atoms. The van der Waals surface area contributed by atoms with Crippen molar-refractivity contribution in [2.45, 2.75) is 80.1 Å². The van der Waals surface area contributed by atoms with E-state index in [9.17, 15) is 0 Å². The lowest BCUT2D eigenvalue weighted by molar-refractivity contribution is 0.497. The predicted octanol–water partition coefficient (Wildman–Crippen LogP) is 10.00. The summed E-state index contributed by atoms with van der Waals surface area (Å²) in [5.74, 6) is 2.35. The van der Waals surface area contributed by atoms with Crippen LogP contribution in [-0.2, 0) is 10.8 Å². The van der Waals surface area contributed by atoms with E-state index in [-0.39, 0.29) is 10.8 Å². The highest BCUT2D eigenvalue weighted by atomic mass is 16.3. The van der Waals surface area contributed by atoms with Crippen LogP contribution in [0, 0.1) is 27.7 Å².